The van der Waals surface area contributed by atoms with Crippen LogP contribution in [0, 0.1) is 0 Å². The lowest BCUT2D eigenvalue weighted by atomic mass is 10.2. The maximum atomic E-state index is 12.0. The minimum absolute atomic E-state index is 0.470. The molecule has 72 valence electrons. The maximum Gasteiger partial charge on any atom is 0.417 e. The molecule has 1 N–H and O–H groups in total. The molecule has 2 nitrogen and oxygen atoms in total. The van der Waals surface area contributed by atoms with E-state index in [1.165, 1.54) is 6.07 Å². The zero-order chi connectivity index (χ0) is 9.90. The van der Waals surface area contributed by atoms with Gasteiger partial charge in [0.2, 0.25) is 0 Å². The quantitative estimate of drug-likeness (QED) is 0.769. The Morgan fingerprint density at radius 3 is 2.46 bits per heavy atom. The molecule has 0 spiro atoms. The molecule has 1 heterocycles. The van der Waals surface area contributed by atoms with Crippen LogP contribution in [0.1, 0.15) is 11.3 Å². The molecule has 0 bridgehead atoms. The van der Waals surface area contributed by atoms with Crippen molar-refractivity contribution in [2.75, 3.05) is 7.05 Å². The Bertz CT molecular complexity index is 266. The minimum atomic E-state index is -4.30. The Labute approximate surface area is 73.8 Å². The Morgan fingerprint density at radius 1 is 1.38 bits per heavy atom. The van der Waals surface area contributed by atoms with Gasteiger partial charge in [0, 0.05) is 12.7 Å². The van der Waals surface area contributed by atoms with E-state index in [-0.39, 0.29) is 0 Å². The summed E-state index contributed by atoms with van der Waals surface area (Å²) in [4.78, 5) is 3.65. The number of alkyl halides is 3. The molecule has 0 aliphatic heterocycles. The fraction of sp³-hybridized carbons (Fsp3) is 0.375. The van der Waals surface area contributed by atoms with Crippen LogP contribution < -0.4 is 5.32 Å². The van der Waals surface area contributed by atoms with Gasteiger partial charge in [-0.05, 0) is 19.2 Å². The highest BCUT2D eigenvalue weighted by Crippen LogP contribution is 2.28. The number of aromatic nitrogens is 1. The molecule has 0 radical (unpaired) electrons. The van der Waals surface area contributed by atoms with Crippen molar-refractivity contribution in [1.29, 1.82) is 0 Å². The fourth-order valence-corrected chi connectivity index (χ4v) is 0.878. The Hall–Kier alpha value is -1.10. The van der Waals surface area contributed by atoms with Gasteiger partial charge in [0.25, 0.3) is 0 Å². The number of hydrogen-bond donors (Lipinski definition) is 1. The molecule has 0 saturated heterocycles. The van der Waals surface area contributed by atoms with Crippen molar-refractivity contribution in [2.45, 2.75) is 12.7 Å². The lowest BCUT2D eigenvalue weighted by Gasteiger charge is -2.06. The highest BCUT2D eigenvalue weighted by Gasteiger charge is 2.30. The summed E-state index contributed by atoms with van der Waals surface area (Å²) in [6, 6.07) is 2.39. The van der Waals surface area contributed by atoms with E-state index in [2.05, 4.69) is 10.3 Å². The van der Waals surface area contributed by atoms with Gasteiger partial charge in [-0.1, -0.05) is 0 Å². The molecule has 1 aromatic rings. The molecule has 0 fully saturated rings. The largest absolute Gasteiger partial charge is 0.417 e. The maximum absolute atomic E-state index is 12.0. The fourth-order valence-electron chi connectivity index (χ4n) is 0.878. The van der Waals surface area contributed by atoms with Gasteiger partial charge in [-0.25, -0.2) is 0 Å². The van der Waals surface area contributed by atoms with Gasteiger partial charge >= 0.3 is 6.18 Å². The standard InChI is InChI=1S/C8H9F3N2/c1-12-5-7-3-2-6(4-13-7)8(9,10)11/h2-4,12H,5H2,1H3. The van der Waals surface area contributed by atoms with Crippen LogP contribution in [-0.2, 0) is 12.7 Å². The van der Waals surface area contributed by atoms with Gasteiger partial charge < -0.3 is 5.32 Å². The van der Waals surface area contributed by atoms with Gasteiger partial charge in [0.15, 0.2) is 0 Å². The van der Waals surface area contributed by atoms with E-state index < -0.39 is 11.7 Å². The van der Waals surface area contributed by atoms with Gasteiger partial charge in [0.1, 0.15) is 0 Å². The van der Waals surface area contributed by atoms with Crippen LogP contribution in [0.2, 0.25) is 0 Å². The van der Waals surface area contributed by atoms with E-state index in [0.717, 1.165) is 12.3 Å². The lowest BCUT2D eigenvalue weighted by molar-refractivity contribution is -0.137. The van der Waals surface area contributed by atoms with Crippen LogP contribution in [0.4, 0.5) is 13.2 Å². The molecule has 1 aromatic heterocycles. The van der Waals surface area contributed by atoms with Crippen LogP contribution >= 0.6 is 0 Å². The first-order valence-corrected chi connectivity index (χ1v) is 3.71. The number of nitrogens with one attached hydrogen (secondary N) is 1. The third-order valence-corrected chi connectivity index (χ3v) is 1.51. The summed E-state index contributed by atoms with van der Waals surface area (Å²) in [7, 11) is 1.71. The van der Waals surface area contributed by atoms with Gasteiger partial charge in [-0.3, -0.25) is 4.98 Å². The Kier molecular flexibility index (Phi) is 2.87. The molecule has 0 aromatic carbocycles. The van der Waals surface area contributed by atoms with Crippen molar-refractivity contribution in [3.63, 3.8) is 0 Å². The average Bonchev–Trinajstić information content (AvgIpc) is 2.04. The van der Waals surface area contributed by atoms with E-state index in [9.17, 15) is 13.2 Å². The molecule has 13 heavy (non-hydrogen) atoms. The van der Waals surface area contributed by atoms with Crippen LogP contribution in [0.3, 0.4) is 0 Å². The summed E-state index contributed by atoms with van der Waals surface area (Å²) in [5.41, 5.74) is -0.122. The summed E-state index contributed by atoms with van der Waals surface area (Å²) >= 11 is 0. The smallest absolute Gasteiger partial charge is 0.314 e. The number of rotatable bonds is 2. The number of nitrogens with zero attached hydrogens (tertiary/aromatic N) is 1. The van der Waals surface area contributed by atoms with E-state index in [0.29, 0.717) is 12.2 Å². The molecular formula is C8H9F3N2. The molecule has 0 atom stereocenters. The zero-order valence-electron chi connectivity index (χ0n) is 7.02. The van der Waals surface area contributed by atoms with E-state index >= 15 is 0 Å². The van der Waals surface area contributed by atoms with Crippen LogP contribution in [-0.4, -0.2) is 12.0 Å². The average molecular weight is 190 g/mol. The second-order valence-electron chi connectivity index (χ2n) is 2.57. The normalized spacial score (nSPS) is 11.7. The molecule has 1 rings (SSSR count). The second kappa shape index (κ2) is 3.74. The van der Waals surface area contributed by atoms with Crippen LogP contribution in [0.5, 0.6) is 0 Å². The summed E-state index contributed by atoms with van der Waals surface area (Å²) in [6.45, 7) is 0.470. The summed E-state index contributed by atoms with van der Waals surface area (Å²) in [6.07, 6.45) is -3.46. The Balaban J connectivity index is 2.81. The molecule has 0 unspecified atom stereocenters. The molecular weight excluding hydrogens is 181 g/mol. The zero-order valence-corrected chi connectivity index (χ0v) is 7.02. The van der Waals surface area contributed by atoms with Crippen molar-refractivity contribution in [2.24, 2.45) is 0 Å². The predicted molar refractivity (Wildman–Crippen MR) is 42.0 cm³/mol. The summed E-state index contributed by atoms with van der Waals surface area (Å²) in [5, 5.41) is 2.80. The number of halogens is 3. The van der Waals surface area contributed by atoms with Crippen LogP contribution in [0.15, 0.2) is 18.3 Å². The van der Waals surface area contributed by atoms with E-state index in [1.807, 2.05) is 0 Å². The van der Waals surface area contributed by atoms with Crippen molar-refractivity contribution >= 4 is 0 Å². The monoisotopic (exact) mass is 190 g/mol. The van der Waals surface area contributed by atoms with E-state index in [4.69, 9.17) is 0 Å². The Morgan fingerprint density at radius 2 is 2.08 bits per heavy atom. The van der Waals surface area contributed by atoms with Gasteiger partial charge in [-0.2, -0.15) is 13.2 Å². The highest BCUT2D eigenvalue weighted by molar-refractivity contribution is 5.16. The first-order valence-electron chi connectivity index (χ1n) is 3.71. The highest BCUT2D eigenvalue weighted by atomic mass is 19.4. The van der Waals surface area contributed by atoms with Crippen molar-refractivity contribution in [3.05, 3.63) is 29.6 Å². The van der Waals surface area contributed by atoms with Crippen molar-refractivity contribution in [1.82, 2.24) is 10.3 Å². The number of hydrogen-bond acceptors (Lipinski definition) is 2. The third-order valence-electron chi connectivity index (χ3n) is 1.51. The molecule has 0 aliphatic carbocycles. The van der Waals surface area contributed by atoms with Gasteiger partial charge in [0.05, 0.1) is 11.3 Å². The first kappa shape index (κ1) is 9.98. The first-order chi connectivity index (χ1) is 6.04. The van der Waals surface area contributed by atoms with E-state index in [1.54, 1.807) is 7.05 Å². The molecule has 0 saturated carbocycles. The lowest BCUT2D eigenvalue weighted by Crippen LogP contribution is -2.09. The van der Waals surface area contributed by atoms with Crippen molar-refractivity contribution < 1.29 is 13.2 Å². The minimum Gasteiger partial charge on any atom is -0.314 e. The molecule has 5 heteroatoms. The number of pyridine rings is 1. The predicted octanol–water partition coefficient (Wildman–Crippen LogP) is 1.82. The summed E-state index contributed by atoms with van der Waals surface area (Å²) in [5.74, 6) is 0. The summed E-state index contributed by atoms with van der Waals surface area (Å²) < 4.78 is 36.1. The topological polar surface area (TPSA) is 24.9 Å². The SMILES string of the molecule is CNCc1ccc(C(F)(F)F)cn1. The van der Waals surface area contributed by atoms with Crippen molar-refractivity contribution in [3.8, 4) is 0 Å². The molecule has 0 amide bonds. The molecule has 0 aliphatic rings. The third kappa shape index (κ3) is 2.69. The second-order valence-corrected chi connectivity index (χ2v) is 2.57. The van der Waals surface area contributed by atoms with Gasteiger partial charge in [-0.15, -0.1) is 0 Å². The van der Waals surface area contributed by atoms with Crippen LogP contribution in [0.25, 0.3) is 0 Å².